The average molecular weight is 307 g/mol. The predicted octanol–water partition coefficient (Wildman–Crippen LogP) is 3.16. The molecule has 1 heterocycles. The maximum absolute atomic E-state index is 13.3. The standard InChI is InChI=1S/C16H16ClFN2O/c1-20-15(7-10-19-20)8-11-21-16-12-14(18)6-5-13(16)4-2-3-9-17/h5-7,10,12H,3,8-9,11H2,1H3. The van der Waals surface area contributed by atoms with Crippen molar-refractivity contribution < 1.29 is 9.13 Å². The minimum Gasteiger partial charge on any atom is -0.492 e. The number of halogens is 2. The second-order valence-electron chi connectivity index (χ2n) is 4.43. The molecular formula is C16H16ClFN2O. The van der Waals surface area contributed by atoms with Gasteiger partial charge < -0.3 is 4.74 Å². The summed E-state index contributed by atoms with van der Waals surface area (Å²) in [6.45, 7) is 0.438. The average Bonchev–Trinajstić information content (AvgIpc) is 2.87. The highest BCUT2D eigenvalue weighted by atomic mass is 35.5. The van der Waals surface area contributed by atoms with Gasteiger partial charge in [-0.15, -0.1) is 11.6 Å². The number of hydrogen-bond donors (Lipinski definition) is 0. The Hall–Kier alpha value is -1.99. The van der Waals surface area contributed by atoms with E-state index in [1.807, 2.05) is 13.1 Å². The lowest BCUT2D eigenvalue weighted by Gasteiger charge is -2.08. The smallest absolute Gasteiger partial charge is 0.137 e. The fourth-order valence-corrected chi connectivity index (χ4v) is 1.93. The molecule has 0 unspecified atom stereocenters. The monoisotopic (exact) mass is 306 g/mol. The molecule has 0 saturated carbocycles. The molecule has 0 saturated heterocycles. The molecule has 2 rings (SSSR count). The number of aromatic nitrogens is 2. The zero-order chi connectivity index (χ0) is 15.1. The summed E-state index contributed by atoms with van der Waals surface area (Å²) in [4.78, 5) is 0. The summed E-state index contributed by atoms with van der Waals surface area (Å²) in [7, 11) is 1.88. The fraction of sp³-hybridized carbons (Fsp3) is 0.312. The van der Waals surface area contributed by atoms with Gasteiger partial charge in [-0.1, -0.05) is 11.8 Å². The van der Waals surface area contributed by atoms with Gasteiger partial charge in [-0.3, -0.25) is 4.68 Å². The van der Waals surface area contributed by atoms with E-state index in [1.165, 1.54) is 12.1 Å². The number of nitrogens with zero attached hydrogens (tertiary/aromatic N) is 2. The van der Waals surface area contributed by atoms with Gasteiger partial charge in [0, 0.05) is 43.7 Å². The van der Waals surface area contributed by atoms with Gasteiger partial charge in [0.05, 0.1) is 12.2 Å². The molecule has 5 heteroatoms. The Bertz CT molecular complexity index is 658. The number of alkyl halides is 1. The Morgan fingerprint density at radius 1 is 1.38 bits per heavy atom. The molecule has 0 atom stereocenters. The summed E-state index contributed by atoms with van der Waals surface area (Å²) in [5, 5.41) is 4.09. The molecule has 0 aliphatic carbocycles. The number of aryl methyl sites for hydroxylation is 1. The summed E-state index contributed by atoms with van der Waals surface area (Å²) in [6, 6.07) is 6.28. The van der Waals surface area contributed by atoms with Crippen LogP contribution in [0.5, 0.6) is 5.75 Å². The summed E-state index contributed by atoms with van der Waals surface area (Å²) in [6.07, 6.45) is 3.02. The van der Waals surface area contributed by atoms with E-state index in [9.17, 15) is 4.39 Å². The van der Waals surface area contributed by atoms with Gasteiger partial charge in [0.15, 0.2) is 0 Å². The minimum atomic E-state index is -0.339. The van der Waals surface area contributed by atoms with Gasteiger partial charge in [-0.2, -0.15) is 5.10 Å². The highest BCUT2D eigenvalue weighted by Gasteiger charge is 2.05. The van der Waals surface area contributed by atoms with Crippen LogP contribution in [0.2, 0.25) is 0 Å². The lowest BCUT2D eigenvalue weighted by molar-refractivity contribution is 0.316. The molecule has 0 aliphatic rings. The first-order valence-corrected chi connectivity index (χ1v) is 7.18. The van der Waals surface area contributed by atoms with Crippen LogP contribution in [0.1, 0.15) is 17.7 Å². The minimum absolute atomic E-state index is 0.339. The van der Waals surface area contributed by atoms with E-state index in [-0.39, 0.29) is 5.82 Å². The molecule has 3 nitrogen and oxygen atoms in total. The third-order valence-electron chi connectivity index (χ3n) is 2.92. The SMILES string of the molecule is Cn1nccc1CCOc1cc(F)ccc1C#CCCCl. The van der Waals surface area contributed by atoms with Crippen molar-refractivity contribution in [2.45, 2.75) is 12.8 Å². The zero-order valence-electron chi connectivity index (χ0n) is 11.8. The molecule has 21 heavy (non-hydrogen) atoms. The molecule has 0 spiro atoms. The van der Waals surface area contributed by atoms with Gasteiger partial charge in [0.1, 0.15) is 11.6 Å². The quantitative estimate of drug-likeness (QED) is 0.627. The van der Waals surface area contributed by atoms with Crippen LogP contribution in [-0.2, 0) is 13.5 Å². The number of ether oxygens (including phenoxy) is 1. The molecule has 110 valence electrons. The summed E-state index contributed by atoms with van der Waals surface area (Å²) >= 11 is 5.59. The molecule has 0 aliphatic heterocycles. The van der Waals surface area contributed by atoms with E-state index in [4.69, 9.17) is 16.3 Å². The molecule has 1 aromatic heterocycles. The van der Waals surface area contributed by atoms with Gasteiger partial charge in [-0.05, 0) is 18.2 Å². The van der Waals surface area contributed by atoms with E-state index < -0.39 is 0 Å². The second-order valence-corrected chi connectivity index (χ2v) is 4.80. The molecule has 0 amide bonds. The number of rotatable bonds is 5. The van der Waals surface area contributed by atoms with Crippen molar-refractivity contribution in [3.05, 3.63) is 47.5 Å². The second kappa shape index (κ2) is 7.70. The molecule has 0 bridgehead atoms. The normalized spacial score (nSPS) is 10.0. The topological polar surface area (TPSA) is 27.1 Å². The van der Waals surface area contributed by atoms with E-state index in [2.05, 4.69) is 16.9 Å². The highest BCUT2D eigenvalue weighted by molar-refractivity contribution is 6.18. The highest BCUT2D eigenvalue weighted by Crippen LogP contribution is 2.19. The van der Waals surface area contributed by atoms with Gasteiger partial charge >= 0.3 is 0 Å². The Labute approximate surface area is 128 Å². The van der Waals surface area contributed by atoms with Gasteiger partial charge in [-0.25, -0.2) is 4.39 Å². The van der Waals surface area contributed by atoms with E-state index in [0.29, 0.717) is 36.6 Å². The van der Waals surface area contributed by atoms with Crippen LogP contribution in [0.25, 0.3) is 0 Å². The Morgan fingerprint density at radius 3 is 2.95 bits per heavy atom. The van der Waals surface area contributed by atoms with E-state index in [1.54, 1.807) is 16.9 Å². The third-order valence-corrected chi connectivity index (χ3v) is 3.11. The van der Waals surface area contributed by atoms with Crippen LogP contribution in [0.3, 0.4) is 0 Å². The van der Waals surface area contributed by atoms with Crippen molar-refractivity contribution in [3.63, 3.8) is 0 Å². The molecular weight excluding hydrogens is 291 g/mol. The Morgan fingerprint density at radius 2 is 2.24 bits per heavy atom. The van der Waals surface area contributed by atoms with Crippen molar-refractivity contribution in [1.82, 2.24) is 9.78 Å². The lowest BCUT2D eigenvalue weighted by atomic mass is 10.2. The van der Waals surface area contributed by atoms with Gasteiger partial charge in [0.2, 0.25) is 0 Å². The van der Waals surface area contributed by atoms with Crippen LogP contribution in [0, 0.1) is 17.7 Å². The van der Waals surface area contributed by atoms with Crippen molar-refractivity contribution in [1.29, 1.82) is 0 Å². The molecule has 0 N–H and O–H groups in total. The molecule has 1 aromatic carbocycles. The Kier molecular flexibility index (Phi) is 5.65. The van der Waals surface area contributed by atoms with Crippen LogP contribution in [0.15, 0.2) is 30.5 Å². The first-order valence-electron chi connectivity index (χ1n) is 6.65. The summed E-state index contributed by atoms with van der Waals surface area (Å²) in [5.41, 5.74) is 1.73. The molecule has 2 aromatic rings. The lowest BCUT2D eigenvalue weighted by Crippen LogP contribution is -2.06. The van der Waals surface area contributed by atoms with Crippen LogP contribution in [-0.4, -0.2) is 22.3 Å². The van der Waals surface area contributed by atoms with Crippen molar-refractivity contribution in [2.75, 3.05) is 12.5 Å². The largest absolute Gasteiger partial charge is 0.492 e. The number of hydrogen-bond acceptors (Lipinski definition) is 2. The number of benzene rings is 1. The fourth-order valence-electron chi connectivity index (χ4n) is 1.84. The first-order chi connectivity index (χ1) is 10.2. The van der Waals surface area contributed by atoms with Crippen LogP contribution < -0.4 is 4.74 Å². The van der Waals surface area contributed by atoms with Crippen molar-refractivity contribution in [2.24, 2.45) is 7.05 Å². The van der Waals surface area contributed by atoms with Crippen molar-refractivity contribution >= 4 is 11.6 Å². The van der Waals surface area contributed by atoms with E-state index in [0.717, 1.165) is 5.69 Å². The maximum Gasteiger partial charge on any atom is 0.137 e. The summed E-state index contributed by atoms with van der Waals surface area (Å²) in [5.74, 6) is 6.47. The molecule has 0 radical (unpaired) electrons. The van der Waals surface area contributed by atoms with Crippen LogP contribution in [0.4, 0.5) is 4.39 Å². The summed E-state index contributed by atoms with van der Waals surface area (Å²) < 4.78 is 20.8. The van der Waals surface area contributed by atoms with Crippen LogP contribution >= 0.6 is 11.6 Å². The Balaban J connectivity index is 2.03. The van der Waals surface area contributed by atoms with E-state index >= 15 is 0 Å². The van der Waals surface area contributed by atoms with Crippen molar-refractivity contribution in [3.8, 4) is 17.6 Å². The van der Waals surface area contributed by atoms with Gasteiger partial charge in [0.25, 0.3) is 0 Å². The third kappa shape index (κ3) is 4.51. The zero-order valence-corrected chi connectivity index (χ0v) is 12.5. The maximum atomic E-state index is 13.3. The first kappa shape index (κ1) is 15.4. The predicted molar refractivity (Wildman–Crippen MR) is 81.0 cm³/mol. The molecule has 0 fully saturated rings.